The van der Waals surface area contributed by atoms with Crippen LogP contribution in [0.4, 0.5) is 0 Å². The summed E-state index contributed by atoms with van der Waals surface area (Å²) >= 11 is 3.88. The van der Waals surface area contributed by atoms with Gasteiger partial charge in [0.1, 0.15) is 18.6 Å². The van der Waals surface area contributed by atoms with Gasteiger partial charge in [0.25, 0.3) is 0 Å². The van der Waals surface area contributed by atoms with E-state index in [0.717, 1.165) is 0 Å². The summed E-state index contributed by atoms with van der Waals surface area (Å²) in [6.45, 7) is -0.595. The van der Waals surface area contributed by atoms with Gasteiger partial charge in [0.2, 0.25) is 17.7 Å². The summed E-state index contributed by atoms with van der Waals surface area (Å²) in [5.41, 5.74) is 6.63. The molecule has 0 radical (unpaired) electrons. The molecule has 0 aliphatic carbocycles. The third-order valence-corrected chi connectivity index (χ3v) is 2.75. The Morgan fingerprint density at radius 2 is 1.76 bits per heavy atom. The molecule has 7 N–H and O–H groups in total. The molecular formula is C10H18N4O6S. The molecule has 0 saturated carbocycles. The van der Waals surface area contributed by atoms with Gasteiger partial charge in [-0.05, 0) is 6.42 Å². The number of carboxylic acids is 1. The van der Waals surface area contributed by atoms with Crippen molar-refractivity contribution in [2.75, 3.05) is 12.3 Å². The monoisotopic (exact) mass is 322 g/mol. The molecule has 0 aromatic heterocycles. The maximum Gasteiger partial charge on any atom is 0.322 e. The van der Waals surface area contributed by atoms with E-state index in [1.165, 1.54) is 0 Å². The number of aliphatic carboxylic acids is 1. The van der Waals surface area contributed by atoms with E-state index in [-0.39, 0.29) is 18.6 Å². The Bertz CT molecular complexity index is 405. The number of primary amides is 1. The molecule has 0 aromatic rings. The predicted octanol–water partition coefficient (Wildman–Crippen LogP) is -2.79. The number of carbonyl (C=O) groups is 4. The van der Waals surface area contributed by atoms with Crippen molar-refractivity contribution in [2.24, 2.45) is 5.73 Å². The number of amides is 3. The summed E-state index contributed by atoms with van der Waals surface area (Å²) in [6.07, 6.45) is -0.198. The Balaban J connectivity index is 4.49. The molecule has 0 bridgehead atoms. The number of carboxylic acid groups (broad SMARTS) is 1. The molecule has 10 nitrogen and oxygen atoms in total. The minimum atomic E-state index is -1.23. The maximum atomic E-state index is 11.8. The van der Waals surface area contributed by atoms with Crippen LogP contribution in [0.5, 0.6) is 0 Å². The fraction of sp³-hybridized carbons (Fsp3) is 0.600. The largest absolute Gasteiger partial charge is 0.480 e. The fourth-order valence-electron chi connectivity index (χ4n) is 1.29. The fourth-order valence-corrected chi connectivity index (χ4v) is 1.55. The summed E-state index contributed by atoms with van der Waals surface area (Å²) in [5, 5.41) is 21.6. The van der Waals surface area contributed by atoms with Gasteiger partial charge in [0.15, 0.2) is 0 Å². The SMILES string of the molecule is NC(=O)CC[C@H](NO)C(=O)N[C@@H](CS)C(=O)NCC(=O)O. The molecule has 0 saturated heterocycles. The average molecular weight is 322 g/mol. The molecule has 0 rings (SSSR count). The lowest BCUT2D eigenvalue weighted by Gasteiger charge is -2.19. The highest BCUT2D eigenvalue weighted by molar-refractivity contribution is 7.80. The molecule has 120 valence electrons. The summed E-state index contributed by atoms with van der Waals surface area (Å²) in [5.74, 6) is -3.43. The summed E-state index contributed by atoms with van der Waals surface area (Å²) in [4.78, 5) is 44.3. The van der Waals surface area contributed by atoms with Crippen LogP contribution in [0.15, 0.2) is 0 Å². The van der Waals surface area contributed by atoms with Crippen molar-refractivity contribution in [3.63, 3.8) is 0 Å². The maximum absolute atomic E-state index is 11.8. The number of hydrogen-bond donors (Lipinski definition) is 7. The van der Waals surface area contributed by atoms with Crippen LogP contribution in [-0.2, 0) is 19.2 Å². The lowest BCUT2D eigenvalue weighted by Crippen LogP contribution is -2.53. The second-order valence-corrected chi connectivity index (χ2v) is 4.41. The number of nitrogens with two attached hydrogens (primary N) is 1. The van der Waals surface area contributed by atoms with Crippen LogP contribution in [0.1, 0.15) is 12.8 Å². The summed E-state index contributed by atoms with van der Waals surface area (Å²) in [6, 6.07) is -2.21. The first-order valence-corrected chi connectivity index (χ1v) is 6.53. The minimum Gasteiger partial charge on any atom is -0.480 e. The molecule has 21 heavy (non-hydrogen) atoms. The van der Waals surface area contributed by atoms with Gasteiger partial charge in [-0.2, -0.15) is 18.1 Å². The van der Waals surface area contributed by atoms with E-state index in [9.17, 15) is 19.2 Å². The van der Waals surface area contributed by atoms with Crippen molar-refractivity contribution >= 4 is 36.3 Å². The Morgan fingerprint density at radius 3 is 2.19 bits per heavy atom. The van der Waals surface area contributed by atoms with Gasteiger partial charge in [-0.1, -0.05) is 0 Å². The number of hydroxylamine groups is 1. The lowest BCUT2D eigenvalue weighted by atomic mass is 10.1. The molecule has 0 aromatic carbocycles. The smallest absolute Gasteiger partial charge is 0.322 e. The predicted molar refractivity (Wildman–Crippen MR) is 73.6 cm³/mol. The highest BCUT2D eigenvalue weighted by Gasteiger charge is 2.24. The van der Waals surface area contributed by atoms with Crippen LogP contribution in [0.25, 0.3) is 0 Å². The Kier molecular flexibility index (Phi) is 9.08. The van der Waals surface area contributed by atoms with Crippen LogP contribution >= 0.6 is 12.6 Å². The molecule has 0 spiro atoms. The second kappa shape index (κ2) is 9.96. The first-order chi connectivity index (χ1) is 9.81. The quantitative estimate of drug-likeness (QED) is 0.168. The highest BCUT2D eigenvalue weighted by Crippen LogP contribution is 1.98. The number of nitrogens with one attached hydrogen (secondary N) is 3. The molecule has 0 fully saturated rings. The molecule has 3 amide bonds. The van der Waals surface area contributed by atoms with Crippen LogP contribution in [-0.4, -0.2) is 58.4 Å². The second-order valence-electron chi connectivity index (χ2n) is 4.04. The van der Waals surface area contributed by atoms with Gasteiger partial charge in [-0.25, -0.2) is 0 Å². The zero-order valence-electron chi connectivity index (χ0n) is 11.0. The Labute approximate surface area is 125 Å². The topological polar surface area (TPSA) is 171 Å². The van der Waals surface area contributed by atoms with Gasteiger partial charge >= 0.3 is 5.97 Å². The van der Waals surface area contributed by atoms with Gasteiger partial charge in [0.05, 0.1) is 0 Å². The van der Waals surface area contributed by atoms with Crippen molar-refractivity contribution < 1.29 is 29.5 Å². The van der Waals surface area contributed by atoms with Crippen molar-refractivity contribution in [3.05, 3.63) is 0 Å². The van der Waals surface area contributed by atoms with E-state index in [0.29, 0.717) is 0 Å². The van der Waals surface area contributed by atoms with E-state index in [4.69, 9.17) is 16.0 Å². The number of hydrogen-bond acceptors (Lipinski definition) is 7. The number of rotatable bonds is 10. The van der Waals surface area contributed by atoms with Crippen molar-refractivity contribution in [2.45, 2.75) is 24.9 Å². The molecule has 0 aliphatic heterocycles. The highest BCUT2D eigenvalue weighted by atomic mass is 32.1. The summed E-state index contributed by atoms with van der Waals surface area (Å²) in [7, 11) is 0. The van der Waals surface area contributed by atoms with E-state index in [1.54, 1.807) is 5.48 Å². The normalized spacial score (nSPS) is 13.0. The minimum absolute atomic E-state index is 0.0618. The number of carbonyl (C=O) groups excluding carboxylic acids is 3. The van der Waals surface area contributed by atoms with Crippen molar-refractivity contribution in [1.82, 2.24) is 16.1 Å². The molecule has 0 aliphatic rings. The first-order valence-electron chi connectivity index (χ1n) is 5.90. The third-order valence-electron chi connectivity index (χ3n) is 2.38. The standard InChI is InChI=1S/C10H18N4O6S/c11-7(15)2-1-5(14-20)10(19)13-6(4-21)9(18)12-3-8(16)17/h5-6,14,20-21H,1-4H2,(H2,11,15)(H,12,18)(H,13,19)(H,16,17)/t5-,6-/m0/s1. The molecular weight excluding hydrogens is 304 g/mol. The van der Waals surface area contributed by atoms with E-state index < -0.39 is 42.3 Å². The molecule has 0 unspecified atom stereocenters. The first kappa shape index (κ1) is 19.1. The summed E-state index contributed by atoms with van der Waals surface area (Å²) < 4.78 is 0. The molecule has 0 heterocycles. The average Bonchev–Trinajstić information content (AvgIpc) is 2.42. The van der Waals surface area contributed by atoms with Crippen LogP contribution in [0, 0.1) is 0 Å². The Morgan fingerprint density at radius 1 is 1.14 bits per heavy atom. The zero-order valence-corrected chi connectivity index (χ0v) is 11.9. The lowest BCUT2D eigenvalue weighted by molar-refractivity contribution is -0.138. The van der Waals surface area contributed by atoms with Crippen LogP contribution in [0.3, 0.4) is 0 Å². The molecule has 11 heteroatoms. The number of thiol groups is 1. The zero-order chi connectivity index (χ0) is 16.4. The third kappa shape index (κ3) is 8.12. The van der Waals surface area contributed by atoms with Gasteiger partial charge in [0, 0.05) is 12.2 Å². The van der Waals surface area contributed by atoms with Crippen molar-refractivity contribution in [3.8, 4) is 0 Å². The van der Waals surface area contributed by atoms with Gasteiger partial charge in [-0.3, -0.25) is 19.2 Å². The Hall–Kier alpha value is -1.85. The molecule has 2 atom stereocenters. The van der Waals surface area contributed by atoms with E-state index in [2.05, 4.69) is 23.3 Å². The van der Waals surface area contributed by atoms with Gasteiger partial charge in [-0.15, -0.1) is 0 Å². The van der Waals surface area contributed by atoms with E-state index >= 15 is 0 Å². The van der Waals surface area contributed by atoms with Crippen LogP contribution < -0.4 is 21.8 Å². The van der Waals surface area contributed by atoms with E-state index in [1.807, 2.05) is 0 Å². The van der Waals surface area contributed by atoms with Crippen molar-refractivity contribution in [1.29, 1.82) is 0 Å². The van der Waals surface area contributed by atoms with Crippen LogP contribution in [0.2, 0.25) is 0 Å². The van der Waals surface area contributed by atoms with Gasteiger partial charge < -0.3 is 26.7 Å².